The summed E-state index contributed by atoms with van der Waals surface area (Å²) in [4.78, 5) is 24.2. The van der Waals surface area contributed by atoms with Gasteiger partial charge in [0.1, 0.15) is 5.82 Å². The van der Waals surface area contributed by atoms with Crippen LogP contribution in [0.15, 0.2) is 47.1 Å². The molecule has 1 saturated carbocycles. The molecule has 2 N–H and O–H groups in total. The molecule has 1 aliphatic carbocycles. The van der Waals surface area contributed by atoms with E-state index in [9.17, 15) is 14.0 Å². The number of hydrogen-bond donors (Lipinski definition) is 2. The minimum absolute atomic E-state index is 0.0523. The zero-order valence-corrected chi connectivity index (χ0v) is 15.2. The monoisotopic (exact) mass is 372 g/mol. The number of carbonyl (C=O) groups excluding carboxylic acids is 2. The lowest BCUT2D eigenvalue weighted by Gasteiger charge is -2.25. The second kappa shape index (κ2) is 9.35. The van der Waals surface area contributed by atoms with Crippen LogP contribution in [0.2, 0.25) is 0 Å². The zero-order valence-electron chi connectivity index (χ0n) is 15.2. The highest BCUT2D eigenvalue weighted by molar-refractivity contribution is 5.91. The van der Waals surface area contributed by atoms with Gasteiger partial charge < -0.3 is 15.1 Å². The highest BCUT2D eigenvalue weighted by atomic mass is 19.1. The number of furan rings is 1. The van der Waals surface area contributed by atoms with E-state index in [0.29, 0.717) is 25.3 Å². The number of hydrogen-bond acceptors (Lipinski definition) is 3. The zero-order chi connectivity index (χ0) is 19.1. The summed E-state index contributed by atoms with van der Waals surface area (Å²) in [5.41, 5.74) is 0.947. The lowest BCUT2D eigenvalue weighted by Crippen LogP contribution is -2.33. The van der Waals surface area contributed by atoms with Crippen LogP contribution < -0.4 is 10.6 Å². The van der Waals surface area contributed by atoms with Crippen molar-refractivity contribution in [2.24, 2.45) is 5.92 Å². The Bertz CT molecular complexity index is 737. The van der Waals surface area contributed by atoms with Gasteiger partial charge in [-0.05, 0) is 55.0 Å². The maximum atomic E-state index is 13.2. The van der Waals surface area contributed by atoms with Gasteiger partial charge in [0.2, 0.25) is 5.91 Å². The van der Waals surface area contributed by atoms with Crippen molar-refractivity contribution in [2.75, 3.05) is 6.54 Å². The van der Waals surface area contributed by atoms with E-state index < -0.39 is 0 Å². The van der Waals surface area contributed by atoms with Crippen LogP contribution in [-0.4, -0.2) is 18.4 Å². The number of halogens is 1. The average molecular weight is 372 g/mol. The minimum Gasteiger partial charge on any atom is -0.459 e. The molecule has 0 radical (unpaired) electrons. The molecule has 0 unspecified atom stereocenters. The molecule has 2 amide bonds. The molecule has 0 aliphatic heterocycles. The number of amides is 2. The third kappa shape index (κ3) is 5.42. The van der Waals surface area contributed by atoms with Gasteiger partial charge in [-0.3, -0.25) is 9.59 Å². The largest absolute Gasteiger partial charge is 0.459 e. The van der Waals surface area contributed by atoms with E-state index in [0.717, 1.165) is 31.2 Å². The normalized spacial score (nSPS) is 15.4. The van der Waals surface area contributed by atoms with Crippen LogP contribution in [0.25, 0.3) is 0 Å². The number of benzene rings is 1. The minimum atomic E-state index is -0.282. The summed E-state index contributed by atoms with van der Waals surface area (Å²) in [5, 5.41) is 5.85. The van der Waals surface area contributed by atoms with Gasteiger partial charge >= 0.3 is 0 Å². The molecule has 1 aromatic carbocycles. The molecule has 0 spiro atoms. The Morgan fingerprint density at radius 3 is 2.56 bits per heavy atom. The lowest BCUT2D eigenvalue weighted by molar-refractivity contribution is -0.122. The van der Waals surface area contributed by atoms with Crippen LogP contribution in [0.4, 0.5) is 4.39 Å². The Balaban J connectivity index is 1.48. The summed E-state index contributed by atoms with van der Waals surface area (Å²) in [6.45, 7) is 0.400. The van der Waals surface area contributed by atoms with E-state index in [1.165, 1.54) is 18.4 Å². The second-order valence-electron chi connectivity index (χ2n) is 6.98. The molecule has 5 nitrogen and oxygen atoms in total. The molecule has 144 valence electrons. The maximum absolute atomic E-state index is 13.2. The molecular formula is C21H25FN2O3. The second-order valence-corrected chi connectivity index (χ2v) is 6.98. The topological polar surface area (TPSA) is 71.3 Å². The molecule has 1 fully saturated rings. The summed E-state index contributed by atoms with van der Waals surface area (Å²) in [6, 6.07) is 9.54. The van der Waals surface area contributed by atoms with Crippen LogP contribution in [0, 0.1) is 11.7 Å². The Labute approximate surface area is 158 Å². The fourth-order valence-corrected chi connectivity index (χ4v) is 3.63. The van der Waals surface area contributed by atoms with Gasteiger partial charge in [0.05, 0.1) is 12.3 Å². The molecular weight excluding hydrogens is 347 g/mol. The van der Waals surface area contributed by atoms with Gasteiger partial charge in [-0.15, -0.1) is 0 Å². The van der Waals surface area contributed by atoms with Gasteiger partial charge in [-0.2, -0.15) is 0 Å². The molecule has 3 rings (SSSR count). The van der Waals surface area contributed by atoms with Crippen molar-refractivity contribution in [1.29, 1.82) is 0 Å². The Morgan fingerprint density at radius 1 is 1.15 bits per heavy atom. The summed E-state index contributed by atoms with van der Waals surface area (Å²) < 4.78 is 18.3. The quantitative estimate of drug-likeness (QED) is 0.689. The number of nitrogens with one attached hydrogen (secondary N) is 2. The van der Waals surface area contributed by atoms with E-state index in [1.807, 2.05) is 0 Å². The highest BCUT2D eigenvalue weighted by Crippen LogP contribution is 2.35. The molecule has 0 saturated heterocycles. The Kier molecular flexibility index (Phi) is 6.63. The predicted molar refractivity (Wildman–Crippen MR) is 99.5 cm³/mol. The van der Waals surface area contributed by atoms with Crippen LogP contribution in [0.5, 0.6) is 0 Å². The van der Waals surface area contributed by atoms with Crippen molar-refractivity contribution in [3.63, 3.8) is 0 Å². The van der Waals surface area contributed by atoms with Crippen molar-refractivity contribution in [1.82, 2.24) is 10.6 Å². The summed E-state index contributed by atoms with van der Waals surface area (Å²) in [7, 11) is 0. The third-order valence-corrected chi connectivity index (χ3v) is 5.03. The fourth-order valence-electron chi connectivity index (χ4n) is 3.63. The summed E-state index contributed by atoms with van der Waals surface area (Å²) >= 11 is 0. The van der Waals surface area contributed by atoms with Gasteiger partial charge in [0, 0.05) is 13.0 Å². The van der Waals surface area contributed by atoms with E-state index in [2.05, 4.69) is 10.6 Å². The molecule has 0 bridgehead atoms. The SMILES string of the molecule is O=C(CCCNC(=O)c1ccco1)N[C@@H](c1ccc(F)cc1)C1CCCC1. The Hall–Kier alpha value is -2.63. The van der Waals surface area contributed by atoms with E-state index >= 15 is 0 Å². The third-order valence-electron chi connectivity index (χ3n) is 5.03. The lowest BCUT2D eigenvalue weighted by atomic mass is 9.91. The number of carbonyl (C=O) groups is 2. The molecule has 27 heavy (non-hydrogen) atoms. The first kappa shape index (κ1) is 19.1. The molecule has 1 aliphatic rings. The van der Waals surface area contributed by atoms with Gasteiger partial charge in [-0.25, -0.2) is 4.39 Å². The standard InChI is InChI=1S/C21H25FN2O3/c22-17-11-9-16(10-12-17)20(15-5-1-2-6-15)24-19(25)8-3-13-23-21(26)18-7-4-14-27-18/h4,7,9-12,14-15,20H,1-3,5-6,8,13H2,(H,23,26)(H,24,25)/t20-/m1/s1. The summed E-state index contributed by atoms with van der Waals surface area (Å²) in [6.07, 6.45) is 6.78. The van der Waals surface area contributed by atoms with Crippen LogP contribution in [0.3, 0.4) is 0 Å². The average Bonchev–Trinajstić information content (AvgIpc) is 3.38. The van der Waals surface area contributed by atoms with Crippen molar-refractivity contribution < 1.29 is 18.4 Å². The van der Waals surface area contributed by atoms with E-state index in [1.54, 1.807) is 24.3 Å². The van der Waals surface area contributed by atoms with Crippen molar-refractivity contribution in [3.05, 3.63) is 59.8 Å². The smallest absolute Gasteiger partial charge is 0.286 e. The van der Waals surface area contributed by atoms with Gasteiger partial charge in [0.25, 0.3) is 5.91 Å². The predicted octanol–water partition coefficient (Wildman–Crippen LogP) is 3.98. The first-order valence-corrected chi connectivity index (χ1v) is 9.50. The molecule has 1 heterocycles. The highest BCUT2D eigenvalue weighted by Gasteiger charge is 2.27. The fraction of sp³-hybridized carbons (Fsp3) is 0.429. The maximum Gasteiger partial charge on any atom is 0.286 e. The van der Waals surface area contributed by atoms with E-state index in [-0.39, 0.29) is 29.4 Å². The van der Waals surface area contributed by atoms with E-state index in [4.69, 9.17) is 4.42 Å². The number of rotatable bonds is 8. The van der Waals surface area contributed by atoms with Gasteiger partial charge in [0.15, 0.2) is 5.76 Å². The van der Waals surface area contributed by atoms with Crippen molar-refractivity contribution >= 4 is 11.8 Å². The van der Waals surface area contributed by atoms with Crippen LogP contribution in [-0.2, 0) is 4.79 Å². The summed E-state index contributed by atoms with van der Waals surface area (Å²) in [5.74, 6) is 0.0386. The first-order chi connectivity index (χ1) is 13.1. The van der Waals surface area contributed by atoms with Crippen molar-refractivity contribution in [3.8, 4) is 0 Å². The molecule has 1 atom stereocenters. The van der Waals surface area contributed by atoms with Crippen LogP contribution >= 0.6 is 0 Å². The molecule has 1 aromatic heterocycles. The first-order valence-electron chi connectivity index (χ1n) is 9.50. The van der Waals surface area contributed by atoms with Crippen molar-refractivity contribution in [2.45, 2.75) is 44.6 Å². The van der Waals surface area contributed by atoms with Gasteiger partial charge in [-0.1, -0.05) is 25.0 Å². The molecule has 6 heteroatoms. The molecule has 2 aromatic rings. The Morgan fingerprint density at radius 2 is 1.89 bits per heavy atom. The van der Waals surface area contributed by atoms with Crippen LogP contribution in [0.1, 0.15) is 60.7 Å².